The first-order valence-electron chi connectivity index (χ1n) is 7.56. The SMILES string of the molecule is CCCNC(CCO)CN(CC(C)C)CC(C)C. The van der Waals surface area contributed by atoms with Crippen molar-refractivity contribution in [2.75, 3.05) is 32.8 Å². The van der Waals surface area contributed by atoms with Crippen LogP contribution in [-0.2, 0) is 0 Å². The van der Waals surface area contributed by atoms with Crippen LogP contribution in [-0.4, -0.2) is 48.8 Å². The van der Waals surface area contributed by atoms with E-state index >= 15 is 0 Å². The lowest BCUT2D eigenvalue weighted by Crippen LogP contribution is -2.44. The Bertz CT molecular complexity index is 173. The molecule has 3 heteroatoms. The number of hydrogen-bond acceptors (Lipinski definition) is 3. The number of nitrogens with zero attached hydrogens (tertiary/aromatic N) is 1. The summed E-state index contributed by atoms with van der Waals surface area (Å²) in [6.45, 7) is 15.9. The van der Waals surface area contributed by atoms with Crippen molar-refractivity contribution in [1.29, 1.82) is 0 Å². The molecule has 2 N–H and O–H groups in total. The van der Waals surface area contributed by atoms with Gasteiger partial charge >= 0.3 is 0 Å². The van der Waals surface area contributed by atoms with E-state index in [1.165, 1.54) is 0 Å². The molecule has 110 valence electrons. The topological polar surface area (TPSA) is 35.5 Å². The second kappa shape index (κ2) is 10.8. The van der Waals surface area contributed by atoms with E-state index in [-0.39, 0.29) is 6.61 Å². The summed E-state index contributed by atoms with van der Waals surface area (Å²) in [6, 6.07) is 0.424. The van der Waals surface area contributed by atoms with E-state index in [0.29, 0.717) is 17.9 Å². The molecule has 0 fully saturated rings. The fraction of sp³-hybridized carbons (Fsp3) is 1.00. The molecule has 0 spiro atoms. The normalized spacial score (nSPS) is 13.8. The van der Waals surface area contributed by atoms with E-state index in [2.05, 4.69) is 44.8 Å². The van der Waals surface area contributed by atoms with Gasteiger partial charge in [-0.2, -0.15) is 0 Å². The molecule has 0 aromatic carbocycles. The van der Waals surface area contributed by atoms with Crippen molar-refractivity contribution in [3.8, 4) is 0 Å². The molecule has 0 rings (SSSR count). The van der Waals surface area contributed by atoms with Crippen LogP contribution in [0.25, 0.3) is 0 Å². The van der Waals surface area contributed by atoms with Gasteiger partial charge in [0.1, 0.15) is 0 Å². The molecule has 0 bridgehead atoms. The molecule has 0 amide bonds. The van der Waals surface area contributed by atoms with Crippen molar-refractivity contribution in [3.05, 3.63) is 0 Å². The molecule has 3 nitrogen and oxygen atoms in total. The van der Waals surface area contributed by atoms with E-state index in [9.17, 15) is 0 Å². The van der Waals surface area contributed by atoms with E-state index in [0.717, 1.165) is 39.0 Å². The minimum absolute atomic E-state index is 0.276. The molecular weight excluding hydrogens is 224 g/mol. The third-order valence-corrected chi connectivity index (χ3v) is 2.89. The van der Waals surface area contributed by atoms with Gasteiger partial charge in [-0.15, -0.1) is 0 Å². The molecular formula is C15H34N2O. The number of hydrogen-bond donors (Lipinski definition) is 2. The summed E-state index contributed by atoms with van der Waals surface area (Å²) < 4.78 is 0. The van der Waals surface area contributed by atoms with Crippen molar-refractivity contribution in [1.82, 2.24) is 10.2 Å². The summed E-state index contributed by atoms with van der Waals surface area (Å²) in [5.41, 5.74) is 0. The van der Waals surface area contributed by atoms with Crippen LogP contribution in [0.15, 0.2) is 0 Å². The Morgan fingerprint density at radius 3 is 1.94 bits per heavy atom. The zero-order valence-electron chi connectivity index (χ0n) is 13.1. The van der Waals surface area contributed by atoms with Crippen LogP contribution >= 0.6 is 0 Å². The molecule has 1 atom stereocenters. The first-order chi connectivity index (χ1) is 8.49. The highest BCUT2D eigenvalue weighted by Gasteiger charge is 2.15. The smallest absolute Gasteiger partial charge is 0.0446 e. The van der Waals surface area contributed by atoms with Gasteiger partial charge in [0.25, 0.3) is 0 Å². The fourth-order valence-corrected chi connectivity index (χ4v) is 2.33. The van der Waals surface area contributed by atoms with E-state index in [1.54, 1.807) is 0 Å². The third-order valence-electron chi connectivity index (χ3n) is 2.89. The van der Waals surface area contributed by atoms with Gasteiger partial charge in [0.15, 0.2) is 0 Å². The van der Waals surface area contributed by atoms with Crippen molar-refractivity contribution in [2.24, 2.45) is 11.8 Å². The molecule has 0 saturated heterocycles. The maximum Gasteiger partial charge on any atom is 0.0446 e. The number of nitrogens with one attached hydrogen (secondary N) is 1. The van der Waals surface area contributed by atoms with Gasteiger partial charge in [0, 0.05) is 32.3 Å². The first-order valence-corrected chi connectivity index (χ1v) is 7.56. The molecule has 0 aliphatic rings. The zero-order chi connectivity index (χ0) is 14.0. The lowest BCUT2D eigenvalue weighted by Gasteiger charge is -2.30. The average molecular weight is 258 g/mol. The molecule has 0 saturated carbocycles. The standard InChI is InChI=1S/C15H34N2O/c1-6-8-16-15(7-9-18)12-17(10-13(2)3)11-14(4)5/h13-16,18H,6-12H2,1-5H3. The van der Waals surface area contributed by atoms with Crippen LogP contribution in [0, 0.1) is 11.8 Å². The largest absolute Gasteiger partial charge is 0.396 e. The van der Waals surface area contributed by atoms with E-state index in [4.69, 9.17) is 5.11 Å². The van der Waals surface area contributed by atoms with Crippen LogP contribution in [0.5, 0.6) is 0 Å². The van der Waals surface area contributed by atoms with Crippen LogP contribution < -0.4 is 5.32 Å². The lowest BCUT2D eigenvalue weighted by molar-refractivity contribution is 0.179. The number of aliphatic hydroxyl groups excluding tert-OH is 1. The fourth-order valence-electron chi connectivity index (χ4n) is 2.33. The second-order valence-corrected chi connectivity index (χ2v) is 6.17. The third kappa shape index (κ3) is 9.86. The minimum Gasteiger partial charge on any atom is -0.396 e. The molecule has 18 heavy (non-hydrogen) atoms. The maximum atomic E-state index is 9.15. The maximum absolute atomic E-state index is 9.15. The van der Waals surface area contributed by atoms with Crippen LogP contribution in [0.4, 0.5) is 0 Å². The van der Waals surface area contributed by atoms with Gasteiger partial charge < -0.3 is 15.3 Å². The van der Waals surface area contributed by atoms with Crippen molar-refractivity contribution >= 4 is 0 Å². The van der Waals surface area contributed by atoms with Gasteiger partial charge in [0.05, 0.1) is 0 Å². The van der Waals surface area contributed by atoms with Gasteiger partial charge in [0.2, 0.25) is 0 Å². The van der Waals surface area contributed by atoms with Crippen LogP contribution in [0.3, 0.4) is 0 Å². The Morgan fingerprint density at radius 1 is 1.00 bits per heavy atom. The summed E-state index contributed by atoms with van der Waals surface area (Å²) in [7, 11) is 0. The highest BCUT2D eigenvalue weighted by atomic mass is 16.3. The summed E-state index contributed by atoms with van der Waals surface area (Å²) in [4.78, 5) is 2.54. The minimum atomic E-state index is 0.276. The van der Waals surface area contributed by atoms with Gasteiger partial charge in [-0.1, -0.05) is 34.6 Å². The van der Waals surface area contributed by atoms with E-state index in [1.807, 2.05) is 0 Å². The molecule has 0 radical (unpaired) electrons. The zero-order valence-corrected chi connectivity index (χ0v) is 13.1. The average Bonchev–Trinajstić information content (AvgIpc) is 2.24. The molecule has 0 aliphatic heterocycles. The Kier molecular flexibility index (Phi) is 10.7. The van der Waals surface area contributed by atoms with Crippen molar-refractivity contribution < 1.29 is 5.11 Å². The van der Waals surface area contributed by atoms with Gasteiger partial charge in [-0.05, 0) is 31.2 Å². The quantitative estimate of drug-likeness (QED) is 0.597. The second-order valence-electron chi connectivity index (χ2n) is 6.17. The van der Waals surface area contributed by atoms with Crippen molar-refractivity contribution in [2.45, 2.75) is 53.5 Å². The highest BCUT2D eigenvalue weighted by Crippen LogP contribution is 2.06. The Labute approximate surface area is 114 Å². The predicted molar refractivity (Wildman–Crippen MR) is 79.9 cm³/mol. The summed E-state index contributed by atoms with van der Waals surface area (Å²) in [6.07, 6.45) is 2.00. The number of rotatable bonds is 11. The Morgan fingerprint density at radius 2 is 1.56 bits per heavy atom. The monoisotopic (exact) mass is 258 g/mol. The molecule has 0 aliphatic carbocycles. The number of aliphatic hydroxyl groups is 1. The highest BCUT2D eigenvalue weighted by molar-refractivity contribution is 4.73. The summed E-state index contributed by atoms with van der Waals surface area (Å²) in [5, 5.41) is 12.7. The first kappa shape index (κ1) is 17.9. The van der Waals surface area contributed by atoms with Crippen LogP contribution in [0.1, 0.15) is 47.5 Å². The van der Waals surface area contributed by atoms with Crippen molar-refractivity contribution in [3.63, 3.8) is 0 Å². The summed E-state index contributed by atoms with van der Waals surface area (Å²) in [5.74, 6) is 1.40. The lowest BCUT2D eigenvalue weighted by atomic mass is 10.1. The molecule has 0 aromatic heterocycles. The Hall–Kier alpha value is -0.120. The predicted octanol–water partition coefficient (Wildman–Crippen LogP) is 2.35. The Balaban J connectivity index is 4.27. The molecule has 0 aromatic rings. The van der Waals surface area contributed by atoms with Gasteiger partial charge in [-0.3, -0.25) is 0 Å². The summed E-state index contributed by atoms with van der Waals surface area (Å²) >= 11 is 0. The molecule has 1 unspecified atom stereocenters. The van der Waals surface area contributed by atoms with Gasteiger partial charge in [-0.25, -0.2) is 0 Å². The molecule has 0 heterocycles. The van der Waals surface area contributed by atoms with Crippen LogP contribution in [0.2, 0.25) is 0 Å². The van der Waals surface area contributed by atoms with E-state index < -0.39 is 0 Å².